The quantitative estimate of drug-likeness (QED) is 0.730. The molecule has 126 valence electrons. The first-order valence-corrected chi connectivity index (χ1v) is 7.77. The zero-order valence-electron chi connectivity index (χ0n) is 13.7. The Hall–Kier alpha value is -2.44. The number of hydrogen-bond acceptors (Lipinski definition) is 4. The second kappa shape index (κ2) is 6.98. The molecule has 0 aliphatic heterocycles. The van der Waals surface area contributed by atoms with Crippen LogP contribution in [0.25, 0.3) is 10.9 Å². The van der Waals surface area contributed by atoms with Gasteiger partial charge >= 0.3 is 0 Å². The van der Waals surface area contributed by atoms with Gasteiger partial charge in [0.25, 0.3) is 0 Å². The van der Waals surface area contributed by atoms with E-state index in [0.29, 0.717) is 24.2 Å². The highest BCUT2D eigenvalue weighted by atomic mass is 19.1. The van der Waals surface area contributed by atoms with Crippen LogP contribution in [0.3, 0.4) is 0 Å². The Labute approximate surface area is 139 Å². The molecular formula is C18H20FN3O2. The monoisotopic (exact) mass is 329 g/mol. The summed E-state index contributed by atoms with van der Waals surface area (Å²) in [6.45, 7) is 1.07. The average molecular weight is 329 g/mol. The maximum absolute atomic E-state index is 13.9. The molecule has 2 N–H and O–H groups in total. The number of aromatic nitrogens is 1. The van der Waals surface area contributed by atoms with Gasteiger partial charge in [0.15, 0.2) is 5.43 Å². The minimum atomic E-state index is -0.423. The van der Waals surface area contributed by atoms with Crippen molar-refractivity contribution in [2.24, 2.45) is 0 Å². The second-order valence-electron chi connectivity index (χ2n) is 5.95. The van der Waals surface area contributed by atoms with Gasteiger partial charge in [-0.15, -0.1) is 0 Å². The van der Waals surface area contributed by atoms with Crippen molar-refractivity contribution >= 4 is 10.9 Å². The lowest BCUT2D eigenvalue weighted by Gasteiger charge is -2.22. The van der Waals surface area contributed by atoms with Crippen molar-refractivity contribution in [2.45, 2.75) is 12.6 Å². The molecule has 0 amide bonds. The third-order valence-electron chi connectivity index (χ3n) is 4.02. The number of nitrogens with zero attached hydrogens (tertiary/aromatic N) is 1. The molecule has 24 heavy (non-hydrogen) atoms. The van der Waals surface area contributed by atoms with Gasteiger partial charge in [0.1, 0.15) is 11.6 Å². The normalized spacial score (nSPS) is 12.8. The van der Waals surface area contributed by atoms with E-state index in [0.717, 1.165) is 5.76 Å². The minimum Gasteiger partial charge on any atom is -0.468 e. The smallest absolute Gasteiger partial charge is 0.189 e. The molecule has 0 aliphatic carbocycles. The molecule has 1 atom stereocenters. The standard InChI is InChI=1S/C18H20FN3O2/c1-22(2)15(17-7-4-8-24-17)11-20-10-12-9-16(23)13-5-3-6-14(19)18(13)21-12/h3-9,15,20H,10-11H2,1-2H3,(H,21,23)/t15-/m0/s1. The molecule has 3 aromatic rings. The number of nitrogens with one attached hydrogen (secondary N) is 2. The topological polar surface area (TPSA) is 61.3 Å². The Kier molecular flexibility index (Phi) is 4.78. The van der Waals surface area contributed by atoms with Crippen molar-refractivity contribution in [1.29, 1.82) is 0 Å². The van der Waals surface area contributed by atoms with Crippen LogP contribution in [0.4, 0.5) is 4.39 Å². The van der Waals surface area contributed by atoms with E-state index in [9.17, 15) is 9.18 Å². The highest BCUT2D eigenvalue weighted by Gasteiger charge is 2.16. The number of furan rings is 1. The molecular weight excluding hydrogens is 309 g/mol. The summed E-state index contributed by atoms with van der Waals surface area (Å²) >= 11 is 0. The van der Waals surface area contributed by atoms with Gasteiger partial charge in [0.2, 0.25) is 0 Å². The van der Waals surface area contributed by atoms with Crippen LogP contribution in [0, 0.1) is 5.82 Å². The summed E-state index contributed by atoms with van der Waals surface area (Å²) in [4.78, 5) is 17.2. The number of rotatable bonds is 6. The van der Waals surface area contributed by atoms with E-state index in [4.69, 9.17) is 4.42 Å². The molecule has 0 fully saturated rings. The van der Waals surface area contributed by atoms with Gasteiger partial charge in [-0.3, -0.25) is 9.69 Å². The van der Waals surface area contributed by atoms with E-state index >= 15 is 0 Å². The third-order valence-corrected chi connectivity index (χ3v) is 4.02. The SMILES string of the molecule is CN(C)[C@@H](CNCc1cc(=O)c2cccc(F)c2[nH]1)c1ccco1. The van der Waals surface area contributed by atoms with Crippen LogP contribution >= 0.6 is 0 Å². The van der Waals surface area contributed by atoms with Crippen LogP contribution in [0.15, 0.2) is 51.9 Å². The Balaban J connectivity index is 1.74. The van der Waals surface area contributed by atoms with Crippen LogP contribution in [-0.2, 0) is 6.54 Å². The first-order valence-electron chi connectivity index (χ1n) is 7.77. The van der Waals surface area contributed by atoms with E-state index < -0.39 is 5.82 Å². The Morgan fingerprint density at radius 1 is 1.29 bits per heavy atom. The summed E-state index contributed by atoms with van der Waals surface area (Å²) in [5.41, 5.74) is 0.710. The number of fused-ring (bicyclic) bond motifs is 1. The fourth-order valence-corrected chi connectivity index (χ4v) is 2.75. The summed E-state index contributed by atoms with van der Waals surface area (Å²) < 4.78 is 19.3. The van der Waals surface area contributed by atoms with Crippen molar-refractivity contribution in [3.05, 3.63) is 70.2 Å². The molecule has 0 saturated carbocycles. The number of benzene rings is 1. The van der Waals surface area contributed by atoms with E-state index in [-0.39, 0.29) is 17.0 Å². The molecule has 0 saturated heterocycles. The van der Waals surface area contributed by atoms with E-state index in [1.165, 1.54) is 18.2 Å². The number of H-pyrrole nitrogens is 1. The maximum atomic E-state index is 13.9. The highest BCUT2D eigenvalue weighted by molar-refractivity contribution is 5.78. The predicted molar refractivity (Wildman–Crippen MR) is 91.4 cm³/mol. The number of aromatic amines is 1. The fraction of sp³-hybridized carbons (Fsp3) is 0.278. The van der Waals surface area contributed by atoms with E-state index in [2.05, 4.69) is 15.2 Å². The van der Waals surface area contributed by atoms with Crippen LogP contribution in [0.2, 0.25) is 0 Å². The van der Waals surface area contributed by atoms with Gasteiger partial charge in [0.05, 0.1) is 17.8 Å². The van der Waals surface area contributed by atoms with Crippen molar-refractivity contribution in [3.8, 4) is 0 Å². The van der Waals surface area contributed by atoms with Crippen molar-refractivity contribution in [2.75, 3.05) is 20.6 Å². The largest absolute Gasteiger partial charge is 0.468 e. The first kappa shape index (κ1) is 16.4. The summed E-state index contributed by atoms with van der Waals surface area (Å²) in [5, 5.41) is 3.65. The van der Waals surface area contributed by atoms with Gasteiger partial charge in [-0.1, -0.05) is 6.07 Å². The zero-order chi connectivity index (χ0) is 17.1. The highest BCUT2D eigenvalue weighted by Crippen LogP contribution is 2.18. The number of halogens is 1. The van der Waals surface area contributed by atoms with Crippen LogP contribution in [0.5, 0.6) is 0 Å². The lowest BCUT2D eigenvalue weighted by Crippen LogP contribution is -2.31. The lowest BCUT2D eigenvalue weighted by molar-refractivity contribution is 0.250. The Morgan fingerprint density at radius 2 is 2.12 bits per heavy atom. The zero-order valence-corrected chi connectivity index (χ0v) is 13.7. The molecule has 3 rings (SSSR count). The second-order valence-corrected chi connectivity index (χ2v) is 5.95. The predicted octanol–water partition coefficient (Wildman–Crippen LogP) is 2.65. The Bertz CT molecular complexity index is 872. The van der Waals surface area contributed by atoms with Crippen LogP contribution in [-0.4, -0.2) is 30.5 Å². The maximum Gasteiger partial charge on any atom is 0.189 e. The number of hydrogen-bond donors (Lipinski definition) is 2. The fourth-order valence-electron chi connectivity index (χ4n) is 2.75. The molecule has 1 aromatic carbocycles. The summed E-state index contributed by atoms with van der Waals surface area (Å²) in [7, 11) is 3.95. The first-order chi connectivity index (χ1) is 11.6. The van der Waals surface area contributed by atoms with E-state index in [1.807, 2.05) is 26.2 Å². The number of pyridine rings is 1. The lowest BCUT2D eigenvalue weighted by atomic mass is 10.1. The van der Waals surface area contributed by atoms with Gasteiger partial charge in [-0.2, -0.15) is 0 Å². The molecule has 2 heterocycles. The van der Waals surface area contributed by atoms with Crippen molar-refractivity contribution in [3.63, 3.8) is 0 Å². The third kappa shape index (κ3) is 3.39. The minimum absolute atomic E-state index is 0.0731. The van der Waals surface area contributed by atoms with Gasteiger partial charge in [0, 0.05) is 30.2 Å². The average Bonchev–Trinajstić information content (AvgIpc) is 3.06. The summed E-state index contributed by atoms with van der Waals surface area (Å²) in [6, 6.07) is 9.86. The molecule has 2 aromatic heterocycles. The molecule has 0 radical (unpaired) electrons. The van der Waals surface area contributed by atoms with Crippen molar-refractivity contribution in [1.82, 2.24) is 15.2 Å². The molecule has 0 spiro atoms. The van der Waals surface area contributed by atoms with E-state index in [1.54, 1.807) is 12.3 Å². The molecule has 0 bridgehead atoms. The molecule has 0 aliphatic rings. The molecule has 6 heteroatoms. The molecule has 5 nitrogen and oxygen atoms in total. The van der Waals surface area contributed by atoms with Gasteiger partial charge in [-0.05, 0) is 38.4 Å². The van der Waals surface area contributed by atoms with Crippen molar-refractivity contribution < 1.29 is 8.81 Å². The van der Waals surface area contributed by atoms with Crippen LogP contribution < -0.4 is 10.7 Å². The molecule has 0 unspecified atom stereocenters. The van der Waals surface area contributed by atoms with Gasteiger partial charge < -0.3 is 14.7 Å². The summed E-state index contributed by atoms with van der Waals surface area (Å²) in [6.07, 6.45) is 1.65. The number of para-hydroxylation sites is 1. The van der Waals surface area contributed by atoms with Gasteiger partial charge in [-0.25, -0.2) is 4.39 Å². The van der Waals surface area contributed by atoms with Crippen LogP contribution in [0.1, 0.15) is 17.5 Å². The summed E-state index contributed by atoms with van der Waals surface area (Å²) in [5.74, 6) is 0.443. The number of likely N-dealkylation sites (N-methyl/N-ethyl adjacent to an activating group) is 1. The Morgan fingerprint density at radius 3 is 2.83 bits per heavy atom.